The maximum absolute atomic E-state index is 4.84. The topological polar surface area (TPSA) is 60.4 Å². The van der Waals surface area contributed by atoms with Crippen LogP contribution in [-0.2, 0) is 0 Å². The van der Waals surface area contributed by atoms with E-state index in [1.54, 1.807) is 12.4 Å². The van der Waals surface area contributed by atoms with E-state index in [0.717, 1.165) is 55.9 Å². The molecular formula is C32H18N6. The van der Waals surface area contributed by atoms with Crippen molar-refractivity contribution >= 4 is 54.9 Å². The van der Waals surface area contributed by atoms with Gasteiger partial charge in [-0.05, 0) is 48.5 Å². The Bertz CT molecular complexity index is 2170. The second-order valence-electron chi connectivity index (χ2n) is 9.63. The van der Waals surface area contributed by atoms with Crippen molar-refractivity contribution in [3.05, 3.63) is 110 Å². The lowest BCUT2D eigenvalue weighted by Crippen LogP contribution is -2.00. The number of aromatic nitrogens is 6. The first-order valence-corrected chi connectivity index (χ1v) is 12.6. The fraction of sp³-hybridized carbons (Fsp3) is 0. The number of hydrogen-bond donors (Lipinski definition) is 0. The summed E-state index contributed by atoms with van der Waals surface area (Å²) in [6.45, 7) is 0. The largest absolute Gasteiger partial charge is 0.289 e. The molecule has 0 spiro atoms. The molecule has 9 aromatic rings. The molecule has 6 heterocycles. The highest BCUT2D eigenvalue weighted by molar-refractivity contribution is 6.25. The molecule has 0 N–H and O–H groups in total. The number of pyridine rings is 2. The van der Waals surface area contributed by atoms with Crippen LogP contribution in [0.2, 0.25) is 0 Å². The Labute approximate surface area is 215 Å². The summed E-state index contributed by atoms with van der Waals surface area (Å²) in [7, 11) is 0. The predicted octanol–water partition coefficient (Wildman–Crippen LogP) is 7.16. The lowest BCUT2D eigenvalue weighted by Gasteiger charge is -2.09. The molecule has 9 rings (SSSR count). The van der Waals surface area contributed by atoms with E-state index in [0.29, 0.717) is 0 Å². The van der Waals surface area contributed by atoms with Gasteiger partial charge >= 0.3 is 0 Å². The maximum atomic E-state index is 4.84. The highest BCUT2D eigenvalue weighted by Gasteiger charge is 2.23. The third-order valence-electron chi connectivity index (χ3n) is 7.66. The fourth-order valence-electron chi connectivity index (χ4n) is 6.07. The molecule has 0 saturated heterocycles. The van der Waals surface area contributed by atoms with Gasteiger partial charge in [-0.25, -0.2) is 9.97 Å². The standard InChI is InChI=1S/C32H18N6/c1-3-13-33-25(5-1)19-7-11-27-23(17-19)21-9-10-22-24-18-20(26-6-2-4-14-34-26)8-12-28(24)38-30(22)29(21)37(27)31-32(38)36-16-15-35-31/h1-18H. The predicted molar refractivity (Wildman–Crippen MR) is 152 cm³/mol. The van der Waals surface area contributed by atoms with Crippen molar-refractivity contribution in [3.8, 4) is 22.5 Å². The SMILES string of the molecule is c1ccc(-c2ccc3c(c2)c2ccc4c5cc(-c6ccccn6)ccc5n5c6nccnc6n3c2c45)nc1. The summed E-state index contributed by atoms with van der Waals surface area (Å²) in [5.74, 6) is 0. The van der Waals surface area contributed by atoms with E-state index < -0.39 is 0 Å². The zero-order chi connectivity index (χ0) is 24.8. The van der Waals surface area contributed by atoms with E-state index in [9.17, 15) is 0 Å². The molecule has 0 aliphatic carbocycles. The van der Waals surface area contributed by atoms with E-state index >= 15 is 0 Å². The van der Waals surface area contributed by atoms with Gasteiger partial charge in [-0.3, -0.25) is 18.8 Å². The van der Waals surface area contributed by atoms with Gasteiger partial charge in [0.2, 0.25) is 0 Å². The summed E-state index contributed by atoms with van der Waals surface area (Å²) in [6.07, 6.45) is 7.22. The summed E-state index contributed by atoms with van der Waals surface area (Å²) in [6, 6.07) is 29.7. The third-order valence-corrected chi connectivity index (χ3v) is 7.66. The minimum atomic E-state index is 0.837. The van der Waals surface area contributed by atoms with E-state index in [4.69, 9.17) is 9.97 Å². The Morgan fingerprint density at radius 1 is 0.421 bits per heavy atom. The van der Waals surface area contributed by atoms with E-state index in [1.165, 1.54) is 21.5 Å². The van der Waals surface area contributed by atoms with Gasteiger partial charge in [-0.2, -0.15) is 0 Å². The molecule has 0 fully saturated rings. The van der Waals surface area contributed by atoms with E-state index in [2.05, 4.69) is 79.4 Å². The van der Waals surface area contributed by atoms with Crippen LogP contribution in [-0.4, -0.2) is 28.7 Å². The highest BCUT2D eigenvalue weighted by Crippen LogP contribution is 2.42. The van der Waals surface area contributed by atoms with Crippen LogP contribution in [0.3, 0.4) is 0 Å². The fourth-order valence-corrected chi connectivity index (χ4v) is 6.07. The summed E-state index contributed by atoms with van der Waals surface area (Å²) in [5.41, 5.74) is 10.3. The van der Waals surface area contributed by atoms with Crippen LogP contribution in [0.5, 0.6) is 0 Å². The average molecular weight is 487 g/mol. The van der Waals surface area contributed by atoms with Crippen LogP contribution < -0.4 is 0 Å². The smallest absolute Gasteiger partial charge is 0.182 e. The van der Waals surface area contributed by atoms with Crippen LogP contribution in [0.1, 0.15) is 0 Å². The number of nitrogens with zero attached hydrogens (tertiary/aromatic N) is 6. The Morgan fingerprint density at radius 2 is 0.921 bits per heavy atom. The Balaban J connectivity index is 1.48. The van der Waals surface area contributed by atoms with Gasteiger partial charge in [0.05, 0.1) is 33.5 Å². The first-order valence-electron chi connectivity index (χ1n) is 12.6. The molecule has 176 valence electrons. The quantitative estimate of drug-likeness (QED) is 0.243. The molecule has 0 saturated carbocycles. The lowest BCUT2D eigenvalue weighted by molar-refractivity contribution is 1.13. The summed E-state index contributed by atoms with van der Waals surface area (Å²) in [5, 5.41) is 4.73. The summed E-state index contributed by atoms with van der Waals surface area (Å²) in [4.78, 5) is 18.8. The van der Waals surface area contributed by atoms with Gasteiger partial charge < -0.3 is 0 Å². The summed E-state index contributed by atoms with van der Waals surface area (Å²) < 4.78 is 4.55. The van der Waals surface area contributed by atoms with Gasteiger partial charge in [0.25, 0.3) is 0 Å². The molecule has 0 amide bonds. The van der Waals surface area contributed by atoms with Crippen LogP contribution >= 0.6 is 0 Å². The van der Waals surface area contributed by atoms with Crippen LogP contribution in [0, 0.1) is 0 Å². The monoisotopic (exact) mass is 486 g/mol. The highest BCUT2D eigenvalue weighted by atomic mass is 15.1. The zero-order valence-electron chi connectivity index (χ0n) is 20.1. The zero-order valence-corrected chi connectivity index (χ0v) is 20.1. The molecule has 0 unspecified atom stereocenters. The van der Waals surface area contributed by atoms with Crippen molar-refractivity contribution in [2.75, 3.05) is 0 Å². The van der Waals surface area contributed by atoms with Crippen molar-refractivity contribution in [2.24, 2.45) is 0 Å². The van der Waals surface area contributed by atoms with Crippen LogP contribution in [0.15, 0.2) is 110 Å². The molecular weight excluding hydrogens is 468 g/mol. The van der Waals surface area contributed by atoms with Crippen molar-refractivity contribution in [1.29, 1.82) is 0 Å². The number of rotatable bonds is 2. The van der Waals surface area contributed by atoms with Gasteiger partial charge in [-0.15, -0.1) is 0 Å². The third kappa shape index (κ3) is 2.46. The van der Waals surface area contributed by atoms with Crippen molar-refractivity contribution in [1.82, 2.24) is 28.7 Å². The second kappa shape index (κ2) is 7.11. The Kier molecular flexibility index (Phi) is 3.70. The molecule has 0 bridgehead atoms. The van der Waals surface area contributed by atoms with Gasteiger partial charge in [0, 0.05) is 57.5 Å². The maximum Gasteiger partial charge on any atom is 0.182 e. The van der Waals surface area contributed by atoms with Crippen molar-refractivity contribution in [2.45, 2.75) is 0 Å². The van der Waals surface area contributed by atoms with E-state index in [-0.39, 0.29) is 0 Å². The molecule has 6 nitrogen and oxygen atoms in total. The first-order chi connectivity index (χ1) is 18.9. The molecule has 3 aromatic carbocycles. The lowest BCUT2D eigenvalue weighted by atomic mass is 10.0. The minimum Gasteiger partial charge on any atom is -0.289 e. The molecule has 0 radical (unpaired) electrons. The number of hydrogen-bond acceptors (Lipinski definition) is 4. The number of fused-ring (bicyclic) bond motifs is 9. The van der Waals surface area contributed by atoms with Crippen LogP contribution in [0.4, 0.5) is 0 Å². The van der Waals surface area contributed by atoms with Gasteiger partial charge in [0.1, 0.15) is 0 Å². The van der Waals surface area contributed by atoms with Crippen LogP contribution in [0.25, 0.3) is 77.4 Å². The average Bonchev–Trinajstić information content (AvgIpc) is 3.50. The van der Waals surface area contributed by atoms with Gasteiger partial charge in [-0.1, -0.05) is 36.4 Å². The molecule has 6 aromatic heterocycles. The summed E-state index contributed by atoms with van der Waals surface area (Å²) >= 11 is 0. The van der Waals surface area contributed by atoms with E-state index in [1.807, 2.05) is 36.7 Å². The Hall–Kier alpha value is -5.36. The Morgan fingerprint density at radius 3 is 1.37 bits per heavy atom. The number of benzene rings is 3. The molecule has 0 aliphatic heterocycles. The van der Waals surface area contributed by atoms with Gasteiger partial charge in [0.15, 0.2) is 11.3 Å². The normalized spacial score (nSPS) is 12.2. The molecule has 6 heteroatoms. The van der Waals surface area contributed by atoms with Crippen molar-refractivity contribution < 1.29 is 0 Å². The minimum absolute atomic E-state index is 0.837. The molecule has 0 aliphatic rings. The molecule has 0 atom stereocenters. The second-order valence-corrected chi connectivity index (χ2v) is 9.63. The molecule has 38 heavy (non-hydrogen) atoms. The first kappa shape index (κ1) is 19.8. The van der Waals surface area contributed by atoms with Crippen molar-refractivity contribution in [3.63, 3.8) is 0 Å².